The third kappa shape index (κ3) is 4.34. The maximum Gasteiger partial charge on any atom is 0.229 e. The van der Waals surface area contributed by atoms with Gasteiger partial charge in [-0.25, -0.2) is 4.98 Å². The molecule has 1 fully saturated rings. The lowest BCUT2D eigenvalue weighted by molar-refractivity contribution is 0.481. The fraction of sp³-hybridized carbons (Fsp3) is 0.435. The minimum absolute atomic E-state index is 0.300. The molecule has 0 bridgehead atoms. The van der Waals surface area contributed by atoms with Gasteiger partial charge in [0.25, 0.3) is 0 Å². The fourth-order valence-corrected chi connectivity index (χ4v) is 4.21. The Morgan fingerprint density at radius 3 is 2.55 bits per heavy atom. The number of aliphatic imine (C=N–C) groups is 1. The molecule has 3 heterocycles. The standard InChI is InChI=1S/C23H32N8/c1-4-18(5-2)31-20(21(24)25-3)14-16-15-27-23(29-22(16)31)28-17-6-8-19(9-7-17)30-12-10-26-11-13-30/h6-9,14-15,18,26H,4-5,10-13H2,1-3H3,(H2,24,25)(H,27,28,29). The van der Waals surface area contributed by atoms with Crippen LogP contribution in [0.4, 0.5) is 17.3 Å². The normalized spacial score (nSPS) is 15.1. The van der Waals surface area contributed by atoms with Gasteiger partial charge in [0.1, 0.15) is 11.5 Å². The van der Waals surface area contributed by atoms with Gasteiger partial charge < -0.3 is 25.8 Å². The molecule has 1 aliphatic heterocycles. The molecule has 8 nitrogen and oxygen atoms in total. The highest BCUT2D eigenvalue weighted by molar-refractivity contribution is 6.00. The summed E-state index contributed by atoms with van der Waals surface area (Å²) in [5.41, 5.74) is 10.2. The van der Waals surface area contributed by atoms with Crippen LogP contribution in [0.15, 0.2) is 41.5 Å². The first-order chi connectivity index (χ1) is 15.1. The van der Waals surface area contributed by atoms with Gasteiger partial charge in [0, 0.05) is 62.2 Å². The van der Waals surface area contributed by atoms with Crippen molar-refractivity contribution in [3.63, 3.8) is 0 Å². The summed E-state index contributed by atoms with van der Waals surface area (Å²) in [4.78, 5) is 16.0. The van der Waals surface area contributed by atoms with Crippen molar-refractivity contribution in [3.05, 3.63) is 42.2 Å². The van der Waals surface area contributed by atoms with Gasteiger partial charge in [0.2, 0.25) is 5.95 Å². The lowest BCUT2D eigenvalue weighted by Crippen LogP contribution is -2.43. The van der Waals surface area contributed by atoms with Crippen molar-refractivity contribution in [1.29, 1.82) is 0 Å². The molecule has 0 unspecified atom stereocenters. The van der Waals surface area contributed by atoms with E-state index in [1.807, 2.05) is 12.3 Å². The maximum absolute atomic E-state index is 6.20. The van der Waals surface area contributed by atoms with E-state index in [2.05, 4.69) is 68.2 Å². The molecule has 8 heteroatoms. The summed E-state index contributed by atoms with van der Waals surface area (Å²) in [7, 11) is 1.72. The number of piperazine rings is 1. The third-order valence-corrected chi connectivity index (χ3v) is 5.99. The van der Waals surface area contributed by atoms with Crippen LogP contribution in [-0.4, -0.2) is 53.6 Å². The van der Waals surface area contributed by atoms with Crippen molar-refractivity contribution in [2.45, 2.75) is 32.7 Å². The van der Waals surface area contributed by atoms with E-state index < -0.39 is 0 Å². The van der Waals surface area contributed by atoms with Crippen molar-refractivity contribution in [1.82, 2.24) is 19.9 Å². The third-order valence-electron chi connectivity index (χ3n) is 5.99. The molecule has 1 aromatic carbocycles. The van der Waals surface area contributed by atoms with E-state index in [9.17, 15) is 0 Å². The topological polar surface area (TPSA) is 96.4 Å². The molecule has 0 spiro atoms. The zero-order valence-electron chi connectivity index (χ0n) is 18.6. The molecule has 0 aliphatic carbocycles. The van der Waals surface area contributed by atoms with E-state index in [1.165, 1.54) is 5.69 Å². The molecular weight excluding hydrogens is 388 g/mol. The van der Waals surface area contributed by atoms with Crippen LogP contribution in [-0.2, 0) is 0 Å². The molecule has 1 saturated heterocycles. The number of fused-ring (bicyclic) bond motifs is 1. The van der Waals surface area contributed by atoms with Crippen LogP contribution in [0.25, 0.3) is 11.0 Å². The molecule has 4 N–H and O–H groups in total. The van der Waals surface area contributed by atoms with Crippen LogP contribution in [0, 0.1) is 0 Å². The summed E-state index contributed by atoms with van der Waals surface area (Å²) in [5.74, 6) is 1.09. The molecule has 0 saturated carbocycles. The number of benzene rings is 1. The zero-order valence-corrected chi connectivity index (χ0v) is 18.6. The number of hydrogen-bond donors (Lipinski definition) is 3. The number of nitrogens with zero attached hydrogens (tertiary/aromatic N) is 5. The summed E-state index contributed by atoms with van der Waals surface area (Å²) in [6.07, 6.45) is 3.83. The average molecular weight is 421 g/mol. The SMILES string of the molecule is CCC(CC)n1c(C(N)=NC)cc2cnc(Nc3ccc(N4CCNCC4)cc3)nc21. The molecule has 1 aliphatic rings. The van der Waals surface area contributed by atoms with Gasteiger partial charge in [-0.05, 0) is 43.2 Å². The Bertz CT molecular complexity index is 1040. The van der Waals surface area contributed by atoms with E-state index in [-0.39, 0.29) is 0 Å². The van der Waals surface area contributed by atoms with Gasteiger partial charge in [0.05, 0.1) is 5.69 Å². The van der Waals surface area contributed by atoms with Crippen LogP contribution in [0.1, 0.15) is 38.4 Å². The van der Waals surface area contributed by atoms with Crippen LogP contribution >= 0.6 is 0 Å². The Morgan fingerprint density at radius 2 is 1.90 bits per heavy atom. The summed E-state index contributed by atoms with van der Waals surface area (Å²) in [6.45, 7) is 8.49. The Hall–Kier alpha value is -3.13. The highest BCUT2D eigenvalue weighted by Gasteiger charge is 2.19. The minimum Gasteiger partial charge on any atom is -0.382 e. The first kappa shape index (κ1) is 21.1. The largest absolute Gasteiger partial charge is 0.382 e. The summed E-state index contributed by atoms with van der Waals surface area (Å²) in [6, 6.07) is 10.8. The van der Waals surface area contributed by atoms with Crippen LogP contribution in [0.3, 0.4) is 0 Å². The summed E-state index contributed by atoms with van der Waals surface area (Å²) in [5, 5.41) is 7.71. The predicted molar refractivity (Wildman–Crippen MR) is 129 cm³/mol. The number of amidine groups is 1. The molecule has 0 atom stereocenters. The Morgan fingerprint density at radius 1 is 1.19 bits per heavy atom. The Labute approximate surface area is 183 Å². The second kappa shape index (κ2) is 9.34. The Balaban J connectivity index is 1.63. The first-order valence-electron chi connectivity index (χ1n) is 11.1. The number of hydrogen-bond acceptors (Lipinski definition) is 6. The average Bonchev–Trinajstić information content (AvgIpc) is 3.19. The van der Waals surface area contributed by atoms with Gasteiger partial charge in [0.15, 0.2) is 0 Å². The van der Waals surface area contributed by atoms with E-state index in [4.69, 9.17) is 10.7 Å². The monoisotopic (exact) mass is 420 g/mol. The van der Waals surface area contributed by atoms with Crippen molar-refractivity contribution in [2.24, 2.45) is 10.7 Å². The second-order valence-electron chi connectivity index (χ2n) is 7.86. The van der Waals surface area contributed by atoms with Crippen LogP contribution in [0.2, 0.25) is 0 Å². The second-order valence-corrected chi connectivity index (χ2v) is 7.86. The van der Waals surface area contributed by atoms with Crippen LogP contribution < -0.4 is 21.3 Å². The maximum atomic E-state index is 6.20. The van der Waals surface area contributed by atoms with Crippen molar-refractivity contribution < 1.29 is 0 Å². The molecule has 0 radical (unpaired) electrons. The van der Waals surface area contributed by atoms with E-state index in [1.54, 1.807) is 7.05 Å². The minimum atomic E-state index is 0.300. The lowest BCUT2D eigenvalue weighted by atomic mass is 10.1. The Kier molecular flexibility index (Phi) is 6.36. The predicted octanol–water partition coefficient (Wildman–Crippen LogP) is 3.28. The van der Waals surface area contributed by atoms with Crippen LogP contribution in [0.5, 0.6) is 0 Å². The van der Waals surface area contributed by atoms with E-state index >= 15 is 0 Å². The zero-order chi connectivity index (χ0) is 21.8. The lowest BCUT2D eigenvalue weighted by Gasteiger charge is -2.29. The highest BCUT2D eigenvalue weighted by atomic mass is 15.2. The van der Waals surface area contributed by atoms with Gasteiger partial charge in [-0.3, -0.25) is 4.99 Å². The number of aromatic nitrogens is 3. The number of nitrogens with two attached hydrogens (primary N) is 1. The van der Waals surface area contributed by atoms with Gasteiger partial charge in [-0.1, -0.05) is 13.8 Å². The van der Waals surface area contributed by atoms with Crippen molar-refractivity contribution in [2.75, 3.05) is 43.4 Å². The van der Waals surface area contributed by atoms with E-state index in [0.717, 1.165) is 61.4 Å². The molecule has 2 aromatic heterocycles. The van der Waals surface area contributed by atoms with Gasteiger partial charge in [-0.2, -0.15) is 4.98 Å². The van der Waals surface area contributed by atoms with E-state index in [0.29, 0.717) is 17.8 Å². The molecule has 4 rings (SSSR count). The molecule has 31 heavy (non-hydrogen) atoms. The summed E-state index contributed by atoms with van der Waals surface area (Å²) >= 11 is 0. The highest BCUT2D eigenvalue weighted by Crippen LogP contribution is 2.28. The van der Waals surface area contributed by atoms with Crippen molar-refractivity contribution in [3.8, 4) is 0 Å². The first-order valence-corrected chi connectivity index (χ1v) is 11.1. The molecule has 164 valence electrons. The molecular formula is C23H32N8. The number of rotatable bonds is 7. The van der Waals surface area contributed by atoms with Gasteiger partial charge >= 0.3 is 0 Å². The van der Waals surface area contributed by atoms with Crippen molar-refractivity contribution >= 4 is 34.2 Å². The molecule has 3 aromatic rings. The van der Waals surface area contributed by atoms with Gasteiger partial charge in [-0.15, -0.1) is 0 Å². The smallest absolute Gasteiger partial charge is 0.229 e. The fourth-order valence-electron chi connectivity index (χ4n) is 4.21. The quantitative estimate of drug-likeness (QED) is 0.401. The summed E-state index contributed by atoms with van der Waals surface area (Å²) < 4.78 is 2.21. The number of anilines is 3. The number of nitrogens with one attached hydrogen (secondary N) is 2. The molecule has 0 amide bonds.